The Morgan fingerprint density at radius 3 is 2.68 bits per heavy atom. The number of ether oxygens (including phenoxy) is 1. The fraction of sp³-hybridized carbons (Fsp3) is 0.625. The van der Waals surface area contributed by atoms with E-state index in [-0.39, 0.29) is 0 Å². The van der Waals surface area contributed by atoms with E-state index < -0.39 is 0 Å². The van der Waals surface area contributed by atoms with Gasteiger partial charge in [-0.15, -0.1) is 0 Å². The molecule has 0 radical (unpaired) electrons. The SMILES string of the molecule is COc1ccc(C(CN)C2CCCCC2C)cc1Cl. The highest BCUT2D eigenvalue weighted by molar-refractivity contribution is 6.32. The van der Waals surface area contributed by atoms with Gasteiger partial charge in [-0.1, -0.05) is 43.9 Å². The minimum absolute atomic E-state index is 0.415. The van der Waals surface area contributed by atoms with Crippen LogP contribution in [-0.4, -0.2) is 13.7 Å². The van der Waals surface area contributed by atoms with E-state index in [1.54, 1.807) is 7.11 Å². The molecular formula is C16H24ClNO. The molecule has 2 rings (SSSR count). The maximum absolute atomic E-state index is 6.24. The van der Waals surface area contributed by atoms with Crippen molar-refractivity contribution < 1.29 is 4.74 Å². The third kappa shape index (κ3) is 3.24. The van der Waals surface area contributed by atoms with Crippen molar-refractivity contribution in [2.45, 2.75) is 38.5 Å². The van der Waals surface area contributed by atoms with Gasteiger partial charge in [0.15, 0.2) is 0 Å². The summed E-state index contributed by atoms with van der Waals surface area (Å²) in [6.07, 6.45) is 5.30. The van der Waals surface area contributed by atoms with Gasteiger partial charge in [0.05, 0.1) is 12.1 Å². The fourth-order valence-electron chi connectivity index (χ4n) is 3.41. The lowest BCUT2D eigenvalue weighted by Crippen LogP contribution is -2.28. The van der Waals surface area contributed by atoms with E-state index in [0.717, 1.165) is 11.7 Å². The Balaban J connectivity index is 2.23. The molecule has 3 atom stereocenters. The Bertz CT molecular complexity index is 421. The molecule has 3 heteroatoms. The maximum Gasteiger partial charge on any atom is 0.137 e. The highest BCUT2D eigenvalue weighted by Gasteiger charge is 2.29. The van der Waals surface area contributed by atoms with Crippen LogP contribution < -0.4 is 10.5 Å². The predicted molar refractivity (Wildman–Crippen MR) is 80.9 cm³/mol. The number of benzene rings is 1. The summed E-state index contributed by atoms with van der Waals surface area (Å²) in [5.74, 6) is 2.59. The van der Waals surface area contributed by atoms with Crippen LogP contribution in [0.1, 0.15) is 44.1 Å². The number of rotatable bonds is 4. The molecule has 19 heavy (non-hydrogen) atoms. The van der Waals surface area contributed by atoms with Crippen molar-refractivity contribution in [1.29, 1.82) is 0 Å². The van der Waals surface area contributed by atoms with Crippen LogP contribution in [0.2, 0.25) is 5.02 Å². The van der Waals surface area contributed by atoms with Crippen molar-refractivity contribution in [1.82, 2.24) is 0 Å². The van der Waals surface area contributed by atoms with Gasteiger partial charge in [0.2, 0.25) is 0 Å². The molecule has 1 aromatic carbocycles. The summed E-state index contributed by atoms with van der Waals surface area (Å²) in [6.45, 7) is 3.05. The predicted octanol–water partition coefficient (Wildman–Crippen LogP) is 4.22. The molecule has 0 heterocycles. The van der Waals surface area contributed by atoms with Crippen LogP contribution in [0.4, 0.5) is 0 Å². The highest BCUT2D eigenvalue weighted by atomic mass is 35.5. The van der Waals surface area contributed by atoms with Gasteiger partial charge in [0.1, 0.15) is 5.75 Å². The molecule has 0 aliphatic heterocycles. The highest BCUT2D eigenvalue weighted by Crippen LogP contribution is 2.40. The topological polar surface area (TPSA) is 35.2 Å². The Kier molecular flexibility index (Phi) is 5.12. The van der Waals surface area contributed by atoms with E-state index in [1.807, 2.05) is 12.1 Å². The number of hydrogen-bond donors (Lipinski definition) is 1. The summed E-state index contributed by atoms with van der Waals surface area (Å²) in [6, 6.07) is 6.09. The van der Waals surface area contributed by atoms with E-state index in [1.165, 1.54) is 31.2 Å². The largest absolute Gasteiger partial charge is 0.495 e. The summed E-state index contributed by atoms with van der Waals surface area (Å²) in [5.41, 5.74) is 7.30. The van der Waals surface area contributed by atoms with Crippen LogP contribution in [0.5, 0.6) is 5.75 Å². The van der Waals surface area contributed by atoms with Gasteiger partial charge in [-0.25, -0.2) is 0 Å². The monoisotopic (exact) mass is 281 g/mol. The van der Waals surface area contributed by atoms with Gasteiger partial charge < -0.3 is 10.5 Å². The summed E-state index contributed by atoms with van der Waals surface area (Å²) in [4.78, 5) is 0. The second kappa shape index (κ2) is 6.62. The Labute approximate surface area is 121 Å². The minimum Gasteiger partial charge on any atom is -0.495 e. The molecule has 2 nitrogen and oxygen atoms in total. The minimum atomic E-state index is 0.415. The van der Waals surface area contributed by atoms with Crippen LogP contribution in [0.15, 0.2) is 18.2 Å². The molecule has 2 N–H and O–H groups in total. The number of methoxy groups -OCH3 is 1. The summed E-state index contributed by atoms with van der Waals surface area (Å²) in [5, 5.41) is 0.682. The Hall–Kier alpha value is -0.730. The molecule has 1 fully saturated rings. The van der Waals surface area contributed by atoms with Crippen molar-refractivity contribution in [3.8, 4) is 5.75 Å². The van der Waals surface area contributed by atoms with Crippen molar-refractivity contribution in [3.63, 3.8) is 0 Å². The van der Waals surface area contributed by atoms with Gasteiger partial charge >= 0.3 is 0 Å². The van der Waals surface area contributed by atoms with E-state index in [2.05, 4.69) is 13.0 Å². The first-order valence-electron chi connectivity index (χ1n) is 7.21. The van der Waals surface area contributed by atoms with E-state index >= 15 is 0 Å². The second-order valence-electron chi connectivity index (χ2n) is 5.66. The van der Waals surface area contributed by atoms with Crippen molar-refractivity contribution in [3.05, 3.63) is 28.8 Å². The van der Waals surface area contributed by atoms with Crippen LogP contribution in [-0.2, 0) is 0 Å². The van der Waals surface area contributed by atoms with Crippen molar-refractivity contribution in [2.75, 3.05) is 13.7 Å². The van der Waals surface area contributed by atoms with E-state index in [4.69, 9.17) is 22.1 Å². The van der Waals surface area contributed by atoms with Gasteiger partial charge in [-0.3, -0.25) is 0 Å². The average Bonchev–Trinajstić information content (AvgIpc) is 2.42. The molecule has 0 bridgehead atoms. The lowest BCUT2D eigenvalue weighted by atomic mass is 9.71. The van der Waals surface area contributed by atoms with Gasteiger partial charge in [0, 0.05) is 0 Å². The Morgan fingerprint density at radius 2 is 2.11 bits per heavy atom. The first-order chi connectivity index (χ1) is 9.17. The summed E-state index contributed by atoms with van der Waals surface area (Å²) >= 11 is 6.24. The van der Waals surface area contributed by atoms with Crippen molar-refractivity contribution in [2.24, 2.45) is 17.6 Å². The quantitative estimate of drug-likeness (QED) is 0.897. The lowest BCUT2D eigenvalue weighted by Gasteiger charge is -2.35. The number of nitrogens with two attached hydrogens (primary N) is 1. The van der Waals surface area contributed by atoms with Gasteiger partial charge in [-0.05, 0) is 48.4 Å². The molecule has 1 saturated carbocycles. The molecule has 3 unspecified atom stereocenters. The fourth-order valence-corrected chi connectivity index (χ4v) is 3.68. The molecule has 0 spiro atoms. The van der Waals surface area contributed by atoms with Crippen LogP contribution in [0, 0.1) is 11.8 Å². The maximum atomic E-state index is 6.24. The zero-order valence-corrected chi connectivity index (χ0v) is 12.6. The first kappa shape index (κ1) is 14.7. The van der Waals surface area contributed by atoms with Crippen LogP contribution in [0.3, 0.4) is 0 Å². The smallest absolute Gasteiger partial charge is 0.137 e. The van der Waals surface area contributed by atoms with E-state index in [9.17, 15) is 0 Å². The zero-order valence-electron chi connectivity index (χ0n) is 11.9. The molecule has 1 aliphatic carbocycles. The van der Waals surface area contributed by atoms with Crippen LogP contribution in [0.25, 0.3) is 0 Å². The molecule has 106 valence electrons. The standard InChI is InChI=1S/C16H24ClNO/c1-11-5-3-4-6-13(11)14(10-18)12-7-8-16(19-2)15(17)9-12/h7-9,11,13-14H,3-6,10,18H2,1-2H3. The molecule has 1 aromatic rings. The molecule has 0 aromatic heterocycles. The first-order valence-corrected chi connectivity index (χ1v) is 7.58. The summed E-state index contributed by atoms with van der Waals surface area (Å²) in [7, 11) is 1.64. The van der Waals surface area contributed by atoms with Crippen molar-refractivity contribution >= 4 is 11.6 Å². The van der Waals surface area contributed by atoms with E-state index in [0.29, 0.717) is 23.4 Å². The third-order valence-electron chi connectivity index (χ3n) is 4.55. The lowest BCUT2D eigenvalue weighted by molar-refractivity contribution is 0.218. The average molecular weight is 282 g/mol. The zero-order chi connectivity index (χ0) is 13.8. The molecular weight excluding hydrogens is 258 g/mol. The van der Waals surface area contributed by atoms with Gasteiger partial charge in [0.25, 0.3) is 0 Å². The Morgan fingerprint density at radius 1 is 1.37 bits per heavy atom. The molecule has 0 saturated heterocycles. The molecule has 0 amide bonds. The van der Waals surface area contributed by atoms with Crippen LogP contribution >= 0.6 is 11.6 Å². The number of halogens is 1. The normalized spacial score (nSPS) is 25.1. The van der Waals surface area contributed by atoms with Gasteiger partial charge in [-0.2, -0.15) is 0 Å². The third-order valence-corrected chi connectivity index (χ3v) is 4.85. The molecule has 1 aliphatic rings. The summed E-state index contributed by atoms with van der Waals surface area (Å²) < 4.78 is 5.22. The second-order valence-corrected chi connectivity index (χ2v) is 6.07. The number of hydrogen-bond acceptors (Lipinski definition) is 2.